The maximum atomic E-state index is 13.7. The highest BCUT2D eigenvalue weighted by Crippen LogP contribution is 2.18. The van der Waals surface area contributed by atoms with Crippen molar-refractivity contribution in [1.29, 1.82) is 0 Å². The van der Waals surface area contributed by atoms with Gasteiger partial charge in [-0.3, -0.25) is 9.59 Å². The van der Waals surface area contributed by atoms with Gasteiger partial charge in [-0.25, -0.2) is 0 Å². The number of hydrogen-bond acceptors (Lipinski definition) is 2. The van der Waals surface area contributed by atoms with E-state index in [1.165, 1.54) is 0 Å². The number of carbonyl (C=O) groups excluding carboxylic acids is 2. The number of carbonyl (C=O) groups is 2. The molecule has 4 nitrogen and oxygen atoms in total. The Bertz CT molecular complexity index is 1070. The summed E-state index contributed by atoms with van der Waals surface area (Å²) in [5, 5.41) is 3.73. The van der Waals surface area contributed by atoms with Crippen molar-refractivity contribution >= 4 is 23.4 Å². The summed E-state index contributed by atoms with van der Waals surface area (Å²) >= 11 is 6.08. The van der Waals surface area contributed by atoms with Crippen molar-refractivity contribution in [3.05, 3.63) is 106 Å². The maximum Gasteiger partial charge on any atom is 0.243 e. The molecule has 0 aromatic heterocycles. The SMILES string of the molecule is CC[C@@H](C)NC(=O)[C@H](Cc1ccccc1)N(Cc1ccc(Cl)cc1)C(=O)Cc1ccc(C)cc1. The summed E-state index contributed by atoms with van der Waals surface area (Å²) in [6, 6.07) is 24.6. The largest absolute Gasteiger partial charge is 0.352 e. The zero-order valence-electron chi connectivity index (χ0n) is 20.1. The summed E-state index contributed by atoms with van der Waals surface area (Å²) in [5.41, 5.74) is 4.01. The molecule has 0 fully saturated rings. The van der Waals surface area contributed by atoms with Crippen LogP contribution in [0, 0.1) is 6.92 Å². The van der Waals surface area contributed by atoms with Crippen LogP contribution in [0.25, 0.3) is 0 Å². The van der Waals surface area contributed by atoms with Gasteiger partial charge in [0.1, 0.15) is 6.04 Å². The van der Waals surface area contributed by atoms with Crippen molar-refractivity contribution in [2.24, 2.45) is 0 Å². The second-order valence-electron chi connectivity index (χ2n) is 8.83. The molecule has 0 aliphatic rings. The summed E-state index contributed by atoms with van der Waals surface area (Å²) in [6.07, 6.45) is 1.49. The van der Waals surface area contributed by atoms with Gasteiger partial charge in [-0.1, -0.05) is 90.8 Å². The second kappa shape index (κ2) is 12.4. The van der Waals surface area contributed by atoms with E-state index in [0.29, 0.717) is 18.0 Å². The van der Waals surface area contributed by atoms with E-state index in [4.69, 9.17) is 11.6 Å². The third-order valence-electron chi connectivity index (χ3n) is 6.01. The Hall–Kier alpha value is -3.11. The quantitative estimate of drug-likeness (QED) is 0.405. The van der Waals surface area contributed by atoms with E-state index in [-0.39, 0.29) is 24.3 Å². The minimum Gasteiger partial charge on any atom is -0.352 e. The fraction of sp³-hybridized carbons (Fsp3) is 0.310. The molecule has 5 heteroatoms. The number of hydrogen-bond donors (Lipinski definition) is 1. The molecular weight excluding hydrogens is 444 g/mol. The van der Waals surface area contributed by atoms with Gasteiger partial charge in [-0.15, -0.1) is 0 Å². The van der Waals surface area contributed by atoms with Crippen molar-refractivity contribution in [2.45, 2.75) is 58.7 Å². The van der Waals surface area contributed by atoms with Crippen molar-refractivity contribution in [3.63, 3.8) is 0 Å². The minimum atomic E-state index is -0.634. The van der Waals surface area contributed by atoms with Gasteiger partial charge < -0.3 is 10.2 Å². The zero-order valence-corrected chi connectivity index (χ0v) is 20.9. The van der Waals surface area contributed by atoms with Gasteiger partial charge in [0.05, 0.1) is 6.42 Å². The van der Waals surface area contributed by atoms with Crippen LogP contribution in [0.4, 0.5) is 0 Å². The molecule has 0 spiro atoms. The highest BCUT2D eigenvalue weighted by molar-refractivity contribution is 6.30. The fourth-order valence-electron chi connectivity index (χ4n) is 3.76. The van der Waals surface area contributed by atoms with E-state index >= 15 is 0 Å². The molecule has 34 heavy (non-hydrogen) atoms. The molecule has 178 valence electrons. The molecular formula is C29H33ClN2O2. The van der Waals surface area contributed by atoms with Crippen LogP contribution < -0.4 is 5.32 Å². The third kappa shape index (κ3) is 7.46. The number of aryl methyl sites for hydroxylation is 1. The number of nitrogens with zero attached hydrogens (tertiary/aromatic N) is 1. The average molecular weight is 477 g/mol. The van der Waals surface area contributed by atoms with Gasteiger partial charge in [-0.2, -0.15) is 0 Å². The molecule has 2 amide bonds. The van der Waals surface area contributed by atoms with Gasteiger partial charge in [0.15, 0.2) is 0 Å². The highest BCUT2D eigenvalue weighted by Gasteiger charge is 2.31. The lowest BCUT2D eigenvalue weighted by Crippen LogP contribution is -2.52. The van der Waals surface area contributed by atoms with Crippen LogP contribution in [0.3, 0.4) is 0 Å². The molecule has 3 aromatic carbocycles. The topological polar surface area (TPSA) is 49.4 Å². The van der Waals surface area contributed by atoms with E-state index in [0.717, 1.165) is 28.7 Å². The number of amides is 2. The molecule has 1 N–H and O–H groups in total. The van der Waals surface area contributed by atoms with Crippen LogP contribution >= 0.6 is 11.6 Å². The Balaban J connectivity index is 1.95. The number of rotatable bonds is 10. The predicted octanol–water partition coefficient (Wildman–Crippen LogP) is 5.75. The number of halogens is 1. The van der Waals surface area contributed by atoms with E-state index < -0.39 is 6.04 Å². The lowest BCUT2D eigenvalue weighted by molar-refractivity contribution is -0.141. The molecule has 0 unspecified atom stereocenters. The minimum absolute atomic E-state index is 0.0235. The first-order valence-electron chi connectivity index (χ1n) is 11.8. The molecule has 3 rings (SSSR count). The first kappa shape index (κ1) is 25.5. The molecule has 0 radical (unpaired) electrons. The van der Waals surface area contributed by atoms with Crippen LogP contribution in [-0.4, -0.2) is 28.8 Å². The molecule has 0 saturated carbocycles. The average Bonchev–Trinajstić information content (AvgIpc) is 2.84. The Morgan fingerprint density at radius 2 is 1.50 bits per heavy atom. The van der Waals surface area contributed by atoms with Crippen molar-refractivity contribution < 1.29 is 9.59 Å². The highest BCUT2D eigenvalue weighted by atomic mass is 35.5. The molecule has 0 bridgehead atoms. The van der Waals surface area contributed by atoms with Gasteiger partial charge in [-0.05, 0) is 49.1 Å². The standard InChI is InChI=1S/C29H33ClN2O2/c1-4-22(3)31-29(34)27(18-23-8-6-5-7-9-23)32(20-25-14-16-26(30)17-15-25)28(33)19-24-12-10-21(2)11-13-24/h5-17,22,27H,4,18-20H2,1-3H3,(H,31,34)/t22-,27+/m1/s1. The Kier molecular flexibility index (Phi) is 9.29. The van der Waals surface area contributed by atoms with Gasteiger partial charge in [0.2, 0.25) is 11.8 Å². The van der Waals surface area contributed by atoms with Crippen LogP contribution in [0.1, 0.15) is 42.5 Å². The van der Waals surface area contributed by atoms with Crippen LogP contribution in [-0.2, 0) is 29.0 Å². The fourth-order valence-corrected chi connectivity index (χ4v) is 3.89. The van der Waals surface area contributed by atoms with Crippen molar-refractivity contribution in [2.75, 3.05) is 0 Å². The molecule has 0 saturated heterocycles. The molecule has 3 aromatic rings. The van der Waals surface area contributed by atoms with Gasteiger partial charge in [0.25, 0.3) is 0 Å². The smallest absolute Gasteiger partial charge is 0.243 e. The summed E-state index contributed by atoms with van der Waals surface area (Å²) in [5.74, 6) is -0.219. The normalized spacial score (nSPS) is 12.6. The van der Waals surface area contributed by atoms with Gasteiger partial charge in [0, 0.05) is 24.0 Å². The Morgan fingerprint density at radius 1 is 0.882 bits per heavy atom. The van der Waals surface area contributed by atoms with E-state index in [9.17, 15) is 9.59 Å². The number of benzene rings is 3. The first-order valence-corrected chi connectivity index (χ1v) is 12.2. The Morgan fingerprint density at radius 3 is 2.12 bits per heavy atom. The lowest BCUT2D eigenvalue weighted by atomic mass is 10.0. The van der Waals surface area contributed by atoms with Crippen molar-refractivity contribution in [3.8, 4) is 0 Å². The van der Waals surface area contributed by atoms with Gasteiger partial charge >= 0.3 is 0 Å². The molecule has 0 aliphatic carbocycles. The number of nitrogens with one attached hydrogen (secondary N) is 1. The molecule has 0 heterocycles. The summed E-state index contributed by atoms with van der Waals surface area (Å²) in [4.78, 5) is 28.9. The van der Waals surface area contributed by atoms with E-state index in [2.05, 4.69) is 5.32 Å². The summed E-state index contributed by atoms with van der Waals surface area (Å²) in [6.45, 7) is 6.36. The summed E-state index contributed by atoms with van der Waals surface area (Å²) < 4.78 is 0. The maximum absolute atomic E-state index is 13.7. The first-order chi connectivity index (χ1) is 16.4. The van der Waals surface area contributed by atoms with E-state index in [1.807, 2.05) is 99.6 Å². The predicted molar refractivity (Wildman–Crippen MR) is 139 cm³/mol. The zero-order chi connectivity index (χ0) is 24.5. The molecule has 2 atom stereocenters. The Labute approximate surface area is 207 Å². The second-order valence-corrected chi connectivity index (χ2v) is 9.27. The monoisotopic (exact) mass is 476 g/mol. The van der Waals surface area contributed by atoms with Crippen LogP contribution in [0.2, 0.25) is 5.02 Å². The van der Waals surface area contributed by atoms with E-state index in [1.54, 1.807) is 4.90 Å². The van der Waals surface area contributed by atoms with Crippen molar-refractivity contribution in [1.82, 2.24) is 10.2 Å². The van der Waals surface area contributed by atoms with Crippen LogP contribution in [0.15, 0.2) is 78.9 Å². The third-order valence-corrected chi connectivity index (χ3v) is 6.27. The summed E-state index contributed by atoms with van der Waals surface area (Å²) in [7, 11) is 0. The van der Waals surface area contributed by atoms with Crippen LogP contribution in [0.5, 0.6) is 0 Å². The molecule has 0 aliphatic heterocycles. The lowest BCUT2D eigenvalue weighted by Gasteiger charge is -2.32.